The van der Waals surface area contributed by atoms with E-state index in [1.165, 1.54) is 12.1 Å². The summed E-state index contributed by atoms with van der Waals surface area (Å²) in [7, 11) is 0. The molecule has 18 heavy (non-hydrogen) atoms. The van der Waals surface area contributed by atoms with Crippen LogP contribution in [0.15, 0.2) is 18.2 Å². The summed E-state index contributed by atoms with van der Waals surface area (Å²) in [4.78, 5) is 12.4. The Kier molecular flexibility index (Phi) is 3.44. The van der Waals surface area contributed by atoms with Crippen molar-refractivity contribution in [3.63, 3.8) is 0 Å². The fourth-order valence-electron chi connectivity index (χ4n) is 2.02. The van der Waals surface area contributed by atoms with Gasteiger partial charge in [0.2, 0.25) is 0 Å². The summed E-state index contributed by atoms with van der Waals surface area (Å²) in [6.07, 6.45) is 0.105. The van der Waals surface area contributed by atoms with Crippen LogP contribution in [0.3, 0.4) is 0 Å². The van der Waals surface area contributed by atoms with E-state index in [-0.39, 0.29) is 17.4 Å². The molecular formula is C12H13N3O3. The fourth-order valence-corrected chi connectivity index (χ4v) is 2.02. The van der Waals surface area contributed by atoms with Gasteiger partial charge in [-0.15, -0.1) is 0 Å². The van der Waals surface area contributed by atoms with Crippen molar-refractivity contribution < 1.29 is 9.66 Å². The number of hydrogen-bond acceptors (Lipinski definition) is 5. The zero-order valence-corrected chi connectivity index (χ0v) is 10.00. The Balaban J connectivity index is 2.32. The second kappa shape index (κ2) is 5.02. The van der Waals surface area contributed by atoms with Gasteiger partial charge in [-0.25, -0.2) is 0 Å². The molecule has 0 spiro atoms. The van der Waals surface area contributed by atoms with Crippen molar-refractivity contribution in [3.8, 4) is 6.07 Å². The van der Waals surface area contributed by atoms with Crippen molar-refractivity contribution in [2.24, 2.45) is 0 Å². The van der Waals surface area contributed by atoms with Gasteiger partial charge >= 0.3 is 0 Å². The molecule has 0 N–H and O–H groups in total. The molecule has 1 saturated heterocycles. The summed E-state index contributed by atoms with van der Waals surface area (Å²) >= 11 is 0. The third-order valence-corrected chi connectivity index (χ3v) is 2.90. The largest absolute Gasteiger partial charge is 0.375 e. The van der Waals surface area contributed by atoms with E-state index in [9.17, 15) is 10.1 Å². The maximum absolute atomic E-state index is 10.9. The van der Waals surface area contributed by atoms with Crippen molar-refractivity contribution in [1.82, 2.24) is 0 Å². The maximum Gasteiger partial charge on any atom is 0.289 e. The average molecular weight is 247 g/mol. The predicted octanol–water partition coefficient (Wildman–Crippen LogP) is 1.69. The highest BCUT2D eigenvalue weighted by molar-refractivity contribution is 5.60. The minimum atomic E-state index is -0.522. The maximum atomic E-state index is 10.9. The Bertz CT molecular complexity index is 510. The van der Waals surface area contributed by atoms with Crippen LogP contribution in [0.4, 0.5) is 11.4 Å². The average Bonchev–Trinajstić information content (AvgIpc) is 2.38. The number of nitro groups is 1. The Hall–Kier alpha value is -2.13. The molecule has 6 nitrogen and oxygen atoms in total. The molecule has 0 aliphatic carbocycles. The molecule has 1 aromatic carbocycles. The molecule has 0 aromatic heterocycles. The van der Waals surface area contributed by atoms with Gasteiger partial charge in [0.25, 0.3) is 5.69 Å². The lowest BCUT2D eigenvalue weighted by molar-refractivity contribution is -0.385. The summed E-state index contributed by atoms with van der Waals surface area (Å²) in [5, 5.41) is 19.7. The number of morpholine rings is 1. The van der Waals surface area contributed by atoms with Crippen LogP contribution >= 0.6 is 0 Å². The Morgan fingerprint density at radius 3 is 3.00 bits per heavy atom. The second-order valence-electron chi connectivity index (χ2n) is 4.20. The lowest BCUT2D eigenvalue weighted by Gasteiger charge is -2.32. The van der Waals surface area contributed by atoms with Crippen LogP contribution in [0.2, 0.25) is 0 Å². The van der Waals surface area contributed by atoms with Crippen LogP contribution in [0.25, 0.3) is 0 Å². The van der Waals surface area contributed by atoms with Crippen molar-refractivity contribution in [1.29, 1.82) is 5.26 Å². The summed E-state index contributed by atoms with van der Waals surface area (Å²) in [5.41, 5.74) is 0.704. The first kappa shape index (κ1) is 12.3. The minimum absolute atomic E-state index is 0.0880. The SMILES string of the molecule is CC1CN(c2ccc(C#N)c([N+](=O)[O-])c2)CCO1. The van der Waals surface area contributed by atoms with Crippen LogP contribution in [-0.2, 0) is 4.74 Å². The van der Waals surface area contributed by atoms with Gasteiger partial charge in [0.1, 0.15) is 11.6 Å². The first-order chi connectivity index (χ1) is 8.61. The van der Waals surface area contributed by atoms with Gasteiger partial charge in [0.15, 0.2) is 0 Å². The molecule has 1 heterocycles. The summed E-state index contributed by atoms with van der Waals surface area (Å²) in [6.45, 7) is 3.97. The first-order valence-corrected chi connectivity index (χ1v) is 5.67. The molecule has 1 aliphatic rings. The monoisotopic (exact) mass is 247 g/mol. The molecule has 0 saturated carbocycles. The van der Waals surface area contributed by atoms with E-state index in [0.717, 1.165) is 5.69 Å². The Morgan fingerprint density at radius 1 is 1.61 bits per heavy atom. The van der Waals surface area contributed by atoms with Gasteiger partial charge in [-0.3, -0.25) is 10.1 Å². The van der Waals surface area contributed by atoms with E-state index in [1.54, 1.807) is 6.07 Å². The van der Waals surface area contributed by atoms with E-state index in [2.05, 4.69) is 0 Å². The predicted molar refractivity (Wildman–Crippen MR) is 65.4 cm³/mol. The number of anilines is 1. The molecule has 0 radical (unpaired) electrons. The van der Waals surface area contributed by atoms with Gasteiger partial charge in [-0.05, 0) is 19.1 Å². The molecule has 2 rings (SSSR count). The molecule has 94 valence electrons. The zero-order valence-electron chi connectivity index (χ0n) is 10.00. The normalized spacial score (nSPS) is 19.3. The molecule has 1 aliphatic heterocycles. The summed E-state index contributed by atoms with van der Waals surface area (Å²) in [6, 6.07) is 6.52. The number of ether oxygens (including phenoxy) is 1. The Labute approximate surface area is 105 Å². The molecule has 6 heteroatoms. The topological polar surface area (TPSA) is 79.4 Å². The smallest absolute Gasteiger partial charge is 0.289 e. The van der Waals surface area contributed by atoms with Gasteiger partial charge in [0, 0.05) is 24.8 Å². The van der Waals surface area contributed by atoms with Crippen LogP contribution in [0.5, 0.6) is 0 Å². The van der Waals surface area contributed by atoms with Gasteiger partial charge in [-0.1, -0.05) is 0 Å². The van der Waals surface area contributed by atoms with Crippen LogP contribution < -0.4 is 4.90 Å². The highest BCUT2D eigenvalue weighted by Gasteiger charge is 2.21. The molecule has 1 fully saturated rings. The van der Waals surface area contributed by atoms with Crippen molar-refractivity contribution in [2.45, 2.75) is 13.0 Å². The highest BCUT2D eigenvalue weighted by atomic mass is 16.6. The standard InChI is InChI=1S/C12H13N3O3/c1-9-8-14(4-5-18-9)11-3-2-10(7-13)12(6-11)15(16)17/h2-3,6,9H,4-5,8H2,1H3. The highest BCUT2D eigenvalue weighted by Crippen LogP contribution is 2.26. The number of nitrogens with zero attached hydrogens (tertiary/aromatic N) is 3. The van der Waals surface area contributed by atoms with E-state index < -0.39 is 4.92 Å². The Morgan fingerprint density at radius 2 is 2.39 bits per heavy atom. The van der Waals surface area contributed by atoms with E-state index >= 15 is 0 Å². The zero-order chi connectivity index (χ0) is 13.1. The summed E-state index contributed by atoms with van der Waals surface area (Å²) in [5.74, 6) is 0. The van der Waals surface area contributed by atoms with Crippen molar-refractivity contribution in [3.05, 3.63) is 33.9 Å². The van der Waals surface area contributed by atoms with Crippen LogP contribution in [0.1, 0.15) is 12.5 Å². The van der Waals surface area contributed by atoms with Crippen molar-refractivity contribution >= 4 is 11.4 Å². The van der Waals surface area contributed by atoms with E-state index in [0.29, 0.717) is 19.7 Å². The van der Waals surface area contributed by atoms with E-state index in [4.69, 9.17) is 10.00 Å². The molecule has 1 atom stereocenters. The molecule has 1 aromatic rings. The third kappa shape index (κ3) is 2.41. The molecule has 0 amide bonds. The molecular weight excluding hydrogens is 234 g/mol. The number of rotatable bonds is 2. The number of benzene rings is 1. The van der Waals surface area contributed by atoms with Gasteiger partial charge < -0.3 is 9.64 Å². The van der Waals surface area contributed by atoms with Gasteiger partial charge in [-0.2, -0.15) is 5.26 Å². The number of nitriles is 1. The second-order valence-corrected chi connectivity index (χ2v) is 4.20. The van der Waals surface area contributed by atoms with Crippen LogP contribution in [0, 0.1) is 21.4 Å². The lowest BCUT2D eigenvalue weighted by Crippen LogP contribution is -2.41. The quantitative estimate of drug-likeness (QED) is 0.587. The van der Waals surface area contributed by atoms with Gasteiger partial charge in [0.05, 0.1) is 17.6 Å². The third-order valence-electron chi connectivity index (χ3n) is 2.90. The molecule has 0 bridgehead atoms. The molecule has 1 unspecified atom stereocenters. The number of hydrogen-bond donors (Lipinski definition) is 0. The number of nitro benzene ring substituents is 1. The van der Waals surface area contributed by atoms with E-state index in [1.807, 2.05) is 17.9 Å². The van der Waals surface area contributed by atoms with Crippen LogP contribution in [-0.4, -0.2) is 30.7 Å². The lowest BCUT2D eigenvalue weighted by atomic mass is 10.1. The summed E-state index contributed by atoms with van der Waals surface area (Å²) < 4.78 is 5.42. The van der Waals surface area contributed by atoms with Crippen molar-refractivity contribution in [2.75, 3.05) is 24.6 Å². The first-order valence-electron chi connectivity index (χ1n) is 5.67. The fraction of sp³-hybridized carbons (Fsp3) is 0.417. The minimum Gasteiger partial charge on any atom is -0.375 e.